The van der Waals surface area contributed by atoms with E-state index in [0.29, 0.717) is 0 Å². The molecule has 0 aliphatic heterocycles. The molecule has 0 radical (unpaired) electrons. The molecular weight excluding hydrogens is 339 g/mol. The molecule has 0 aliphatic rings. The molecule has 13 heavy (non-hydrogen) atoms. The molecule has 0 amide bonds. The number of hydrogen-bond acceptors (Lipinski definition) is 4. The Balaban J connectivity index is 4.19. The molecule has 0 aromatic carbocycles. The van der Waals surface area contributed by atoms with E-state index in [-0.39, 0.29) is 26.4 Å². The summed E-state index contributed by atoms with van der Waals surface area (Å²) in [6, 6.07) is 0. The molecular formula is C8H20HfO4. The van der Waals surface area contributed by atoms with E-state index in [0.717, 1.165) is 16.7 Å². The van der Waals surface area contributed by atoms with Gasteiger partial charge in [0, 0.05) is 0 Å². The summed E-state index contributed by atoms with van der Waals surface area (Å²) in [6.07, 6.45) is 0. The van der Waals surface area contributed by atoms with Crippen molar-refractivity contribution >= 4 is 0 Å². The van der Waals surface area contributed by atoms with Crippen LogP contribution in [0.1, 0.15) is 0 Å². The summed E-state index contributed by atoms with van der Waals surface area (Å²) in [5, 5.41) is 35.6. The minimum absolute atomic E-state index is 0.127. The number of aliphatic hydroxyl groups excluding tert-OH is 4. The molecule has 0 rings (SSSR count). The molecule has 0 saturated heterocycles. The number of aliphatic hydroxyl groups is 4. The molecule has 80 valence electrons. The van der Waals surface area contributed by atoms with Gasteiger partial charge in [0.15, 0.2) is 0 Å². The Morgan fingerprint density at radius 1 is 0.538 bits per heavy atom. The molecule has 0 atom stereocenters. The van der Waals surface area contributed by atoms with Crippen LogP contribution in [-0.4, -0.2) is 46.9 Å². The SMILES string of the molecule is OC[CH2][Hf]([CH2]CO)([CH2]CO)[CH2]CO. The summed E-state index contributed by atoms with van der Waals surface area (Å²) >= 11 is -2.69. The fraction of sp³-hybridized carbons (Fsp3) is 1.00. The molecule has 0 aromatic rings. The van der Waals surface area contributed by atoms with Gasteiger partial charge in [0.25, 0.3) is 0 Å². The number of hydrogen-bond donors (Lipinski definition) is 4. The van der Waals surface area contributed by atoms with Crippen molar-refractivity contribution in [1.82, 2.24) is 0 Å². The van der Waals surface area contributed by atoms with Gasteiger partial charge in [-0.15, -0.1) is 0 Å². The Labute approximate surface area is 83.5 Å². The molecule has 0 heterocycles. The van der Waals surface area contributed by atoms with E-state index in [1.54, 1.807) is 0 Å². The van der Waals surface area contributed by atoms with Crippen molar-refractivity contribution in [3.8, 4) is 0 Å². The average Bonchev–Trinajstić information content (AvgIpc) is 2.06. The van der Waals surface area contributed by atoms with Gasteiger partial charge in [0.05, 0.1) is 0 Å². The summed E-state index contributed by atoms with van der Waals surface area (Å²) in [5.41, 5.74) is 0. The Hall–Kier alpha value is 0.710. The maximum atomic E-state index is 8.89. The quantitative estimate of drug-likeness (QED) is 0.452. The van der Waals surface area contributed by atoms with Crippen LogP contribution in [0, 0.1) is 0 Å². The number of rotatable bonds is 8. The zero-order chi connectivity index (χ0) is 10.2. The molecule has 5 heteroatoms. The predicted octanol–water partition coefficient (Wildman–Crippen LogP) is -0.217. The summed E-state index contributed by atoms with van der Waals surface area (Å²) in [4.78, 5) is 0. The Bertz CT molecular complexity index is 91.2. The molecule has 0 bridgehead atoms. The normalized spacial score (nSPS) is 12.0. The summed E-state index contributed by atoms with van der Waals surface area (Å²) in [7, 11) is 0. The van der Waals surface area contributed by atoms with Gasteiger partial charge in [-0.25, -0.2) is 0 Å². The molecule has 0 aromatic heterocycles. The second kappa shape index (κ2) is 8.05. The van der Waals surface area contributed by atoms with Gasteiger partial charge in [0.1, 0.15) is 0 Å². The summed E-state index contributed by atoms with van der Waals surface area (Å²) in [5.74, 6) is 0. The average molecular weight is 359 g/mol. The van der Waals surface area contributed by atoms with Crippen LogP contribution in [0.25, 0.3) is 0 Å². The van der Waals surface area contributed by atoms with E-state index in [4.69, 9.17) is 20.4 Å². The zero-order valence-electron chi connectivity index (χ0n) is 7.95. The Kier molecular flexibility index (Phi) is 8.49. The third-order valence-corrected chi connectivity index (χ3v) is 21.0. The van der Waals surface area contributed by atoms with E-state index in [1.807, 2.05) is 0 Å². The van der Waals surface area contributed by atoms with Crippen LogP contribution < -0.4 is 0 Å². The van der Waals surface area contributed by atoms with Crippen molar-refractivity contribution in [2.45, 2.75) is 16.7 Å². The van der Waals surface area contributed by atoms with Crippen LogP contribution in [0.4, 0.5) is 0 Å². The molecule has 0 fully saturated rings. The molecule has 4 nitrogen and oxygen atoms in total. The topological polar surface area (TPSA) is 80.9 Å². The van der Waals surface area contributed by atoms with E-state index in [2.05, 4.69) is 0 Å². The van der Waals surface area contributed by atoms with Gasteiger partial charge in [-0.05, 0) is 0 Å². The van der Waals surface area contributed by atoms with Crippen molar-refractivity contribution in [2.24, 2.45) is 0 Å². The van der Waals surface area contributed by atoms with Crippen molar-refractivity contribution in [2.75, 3.05) is 26.4 Å². The van der Waals surface area contributed by atoms with Crippen molar-refractivity contribution in [3.63, 3.8) is 0 Å². The van der Waals surface area contributed by atoms with Crippen LogP contribution in [0.15, 0.2) is 0 Å². The van der Waals surface area contributed by atoms with Crippen molar-refractivity contribution < 1.29 is 40.4 Å². The third-order valence-electron chi connectivity index (χ3n) is 2.57. The molecule has 0 spiro atoms. The monoisotopic (exact) mass is 360 g/mol. The van der Waals surface area contributed by atoms with E-state index < -0.39 is 20.0 Å². The van der Waals surface area contributed by atoms with Gasteiger partial charge in [-0.2, -0.15) is 0 Å². The molecule has 0 unspecified atom stereocenters. The van der Waals surface area contributed by atoms with Crippen LogP contribution in [0.5, 0.6) is 0 Å². The first-order valence-corrected chi connectivity index (χ1v) is 14.8. The fourth-order valence-corrected chi connectivity index (χ4v) is 13.9. The van der Waals surface area contributed by atoms with Gasteiger partial charge in [0.2, 0.25) is 0 Å². The second-order valence-corrected chi connectivity index (χ2v) is 21.4. The first-order valence-electron chi connectivity index (χ1n) is 4.68. The third kappa shape index (κ3) is 5.22. The fourth-order valence-electron chi connectivity index (χ4n) is 1.70. The standard InChI is InChI=1S/4C2H5O.Hf/c4*1-2-3;/h4*3H,1-2H2;. The Morgan fingerprint density at radius 2 is 0.769 bits per heavy atom. The van der Waals surface area contributed by atoms with Crippen molar-refractivity contribution in [3.05, 3.63) is 0 Å². The first kappa shape index (κ1) is 13.7. The minimum atomic E-state index is -2.69. The summed E-state index contributed by atoms with van der Waals surface area (Å²) < 4.78 is 2.98. The van der Waals surface area contributed by atoms with Crippen LogP contribution >= 0.6 is 0 Å². The molecule has 0 aliphatic carbocycles. The van der Waals surface area contributed by atoms with E-state index in [1.165, 1.54) is 0 Å². The van der Waals surface area contributed by atoms with E-state index >= 15 is 0 Å². The molecule has 0 saturated carbocycles. The van der Waals surface area contributed by atoms with E-state index in [9.17, 15) is 0 Å². The van der Waals surface area contributed by atoms with Gasteiger partial charge in [-0.3, -0.25) is 0 Å². The van der Waals surface area contributed by atoms with Gasteiger partial charge in [-0.1, -0.05) is 0 Å². The maximum absolute atomic E-state index is 8.89. The molecule has 4 N–H and O–H groups in total. The Morgan fingerprint density at radius 3 is 0.923 bits per heavy atom. The second-order valence-electron chi connectivity index (χ2n) is 3.39. The van der Waals surface area contributed by atoms with Crippen molar-refractivity contribution in [1.29, 1.82) is 0 Å². The van der Waals surface area contributed by atoms with Crippen LogP contribution in [0.2, 0.25) is 16.7 Å². The predicted molar refractivity (Wildman–Crippen MR) is 47.6 cm³/mol. The van der Waals surface area contributed by atoms with Gasteiger partial charge < -0.3 is 0 Å². The van der Waals surface area contributed by atoms with Crippen LogP contribution in [-0.2, 0) is 20.0 Å². The zero-order valence-corrected chi connectivity index (χ0v) is 11.5. The first-order chi connectivity index (χ1) is 6.24. The summed E-state index contributed by atoms with van der Waals surface area (Å²) in [6.45, 7) is 0.506. The van der Waals surface area contributed by atoms with Crippen LogP contribution in [0.3, 0.4) is 0 Å². The van der Waals surface area contributed by atoms with Gasteiger partial charge >= 0.3 is 83.5 Å².